The van der Waals surface area contributed by atoms with E-state index >= 15 is 0 Å². The highest BCUT2D eigenvalue weighted by Crippen LogP contribution is 2.15. The molecule has 0 aromatic heterocycles. The van der Waals surface area contributed by atoms with Crippen LogP contribution < -0.4 is 5.14 Å². The Balaban J connectivity index is 3.74. The molecular formula is C6H13NOS. The second kappa shape index (κ2) is 3.22. The van der Waals surface area contributed by atoms with Gasteiger partial charge in [0.1, 0.15) is 5.78 Å². The summed E-state index contributed by atoms with van der Waals surface area (Å²) >= 11 is 1.09. The lowest BCUT2D eigenvalue weighted by Crippen LogP contribution is -2.22. The molecule has 2 N–H and O–H groups in total. The van der Waals surface area contributed by atoms with Crippen molar-refractivity contribution in [2.75, 3.05) is 5.75 Å². The summed E-state index contributed by atoms with van der Waals surface area (Å²) < 4.78 is 0. The zero-order chi connectivity index (χ0) is 7.49. The number of rotatable bonds is 2. The maximum atomic E-state index is 11.0. The maximum absolute atomic E-state index is 11.0. The van der Waals surface area contributed by atoms with Gasteiger partial charge in [-0.1, -0.05) is 32.7 Å². The molecular weight excluding hydrogens is 134 g/mol. The molecule has 0 atom stereocenters. The molecule has 0 amide bonds. The molecule has 9 heavy (non-hydrogen) atoms. The summed E-state index contributed by atoms with van der Waals surface area (Å²) in [5.74, 6) is 0.624. The van der Waals surface area contributed by atoms with Crippen LogP contribution in [-0.4, -0.2) is 11.5 Å². The second-order valence-corrected chi connectivity index (χ2v) is 3.61. The van der Waals surface area contributed by atoms with Gasteiger partial charge in [-0.2, -0.15) is 0 Å². The van der Waals surface area contributed by atoms with Crippen molar-refractivity contribution in [1.82, 2.24) is 0 Å². The van der Waals surface area contributed by atoms with Gasteiger partial charge in [-0.05, 0) is 0 Å². The van der Waals surface area contributed by atoms with Crippen LogP contribution in [0, 0.1) is 5.41 Å². The molecule has 0 aromatic rings. The van der Waals surface area contributed by atoms with Gasteiger partial charge in [0, 0.05) is 5.41 Å². The molecule has 0 bridgehead atoms. The lowest BCUT2D eigenvalue weighted by Gasteiger charge is -2.14. The molecule has 0 fully saturated rings. The molecule has 0 rings (SSSR count). The predicted molar refractivity (Wildman–Crippen MR) is 41.1 cm³/mol. The third-order valence-electron chi connectivity index (χ3n) is 1.05. The third-order valence-corrected chi connectivity index (χ3v) is 1.48. The van der Waals surface area contributed by atoms with E-state index in [1.165, 1.54) is 0 Å². The summed E-state index contributed by atoms with van der Waals surface area (Å²) in [5, 5.41) is 5.12. The van der Waals surface area contributed by atoms with Crippen LogP contribution in [-0.2, 0) is 4.79 Å². The second-order valence-electron chi connectivity index (χ2n) is 2.98. The van der Waals surface area contributed by atoms with Crippen molar-refractivity contribution >= 4 is 17.7 Å². The van der Waals surface area contributed by atoms with Crippen LogP contribution in [0.3, 0.4) is 0 Å². The van der Waals surface area contributed by atoms with Crippen molar-refractivity contribution in [2.24, 2.45) is 10.6 Å². The van der Waals surface area contributed by atoms with Crippen LogP contribution in [0.1, 0.15) is 20.8 Å². The Bertz CT molecular complexity index is 106. The standard InChI is InChI=1S/C6H13NOS/c1-6(2,3)5(8)4-9-7/h4,7H2,1-3H3. The number of hydrogen-bond acceptors (Lipinski definition) is 3. The molecule has 2 nitrogen and oxygen atoms in total. The molecule has 0 radical (unpaired) electrons. The minimum Gasteiger partial charge on any atom is -0.298 e. The number of carbonyl (C=O) groups excluding carboxylic acids is 1. The molecule has 0 spiro atoms. The largest absolute Gasteiger partial charge is 0.298 e. The summed E-state index contributed by atoms with van der Waals surface area (Å²) in [7, 11) is 0. The Morgan fingerprint density at radius 1 is 1.56 bits per heavy atom. The van der Waals surface area contributed by atoms with Crippen LogP contribution >= 0.6 is 11.9 Å². The van der Waals surface area contributed by atoms with Crippen LogP contribution in [0.25, 0.3) is 0 Å². The average Bonchev–Trinajstić information content (AvgIpc) is 1.64. The van der Waals surface area contributed by atoms with Crippen LogP contribution in [0.4, 0.5) is 0 Å². The Hall–Kier alpha value is -0.0200. The van der Waals surface area contributed by atoms with E-state index in [9.17, 15) is 4.79 Å². The fraction of sp³-hybridized carbons (Fsp3) is 0.833. The van der Waals surface area contributed by atoms with Gasteiger partial charge >= 0.3 is 0 Å². The molecule has 0 aliphatic carbocycles. The molecule has 0 saturated heterocycles. The van der Waals surface area contributed by atoms with E-state index in [2.05, 4.69) is 0 Å². The van der Waals surface area contributed by atoms with E-state index in [-0.39, 0.29) is 11.2 Å². The van der Waals surface area contributed by atoms with Crippen molar-refractivity contribution < 1.29 is 4.79 Å². The summed E-state index contributed by atoms with van der Waals surface area (Å²) in [5.41, 5.74) is -0.230. The monoisotopic (exact) mass is 147 g/mol. The smallest absolute Gasteiger partial charge is 0.149 e. The lowest BCUT2D eigenvalue weighted by molar-refractivity contribution is -0.123. The molecule has 54 valence electrons. The zero-order valence-corrected chi connectivity index (χ0v) is 6.92. The topological polar surface area (TPSA) is 43.1 Å². The Kier molecular flexibility index (Phi) is 3.22. The van der Waals surface area contributed by atoms with Crippen molar-refractivity contribution in [3.63, 3.8) is 0 Å². The highest BCUT2D eigenvalue weighted by Gasteiger charge is 2.19. The van der Waals surface area contributed by atoms with E-state index in [0.717, 1.165) is 11.9 Å². The van der Waals surface area contributed by atoms with E-state index in [1.807, 2.05) is 20.8 Å². The van der Waals surface area contributed by atoms with E-state index < -0.39 is 0 Å². The first-order valence-corrected chi connectivity index (χ1v) is 3.88. The van der Waals surface area contributed by atoms with Gasteiger partial charge in [0.15, 0.2) is 0 Å². The third kappa shape index (κ3) is 3.54. The quantitative estimate of drug-likeness (QED) is 0.597. The molecule has 0 aliphatic rings. The number of nitrogens with two attached hydrogens (primary N) is 1. The Morgan fingerprint density at radius 3 is 2.11 bits per heavy atom. The summed E-state index contributed by atoms with van der Waals surface area (Å²) in [6, 6.07) is 0. The first-order valence-electron chi connectivity index (χ1n) is 2.83. The Morgan fingerprint density at radius 2 is 2.00 bits per heavy atom. The van der Waals surface area contributed by atoms with E-state index in [4.69, 9.17) is 5.14 Å². The minimum absolute atomic E-state index is 0.204. The SMILES string of the molecule is CC(C)(C)C(=O)CSN. The van der Waals surface area contributed by atoms with Gasteiger partial charge in [-0.15, -0.1) is 0 Å². The predicted octanol–water partition coefficient (Wildman–Crippen LogP) is 1.21. The van der Waals surface area contributed by atoms with Crippen molar-refractivity contribution in [3.8, 4) is 0 Å². The minimum atomic E-state index is -0.230. The first-order chi connectivity index (χ1) is 3.98. The average molecular weight is 147 g/mol. The van der Waals surface area contributed by atoms with Gasteiger partial charge in [-0.3, -0.25) is 9.93 Å². The number of Topliss-reactive ketones (excluding diaryl/α,β-unsaturated/α-hetero) is 1. The van der Waals surface area contributed by atoms with Gasteiger partial charge in [0.2, 0.25) is 0 Å². The molecule has 0 heterocycles. The van der Waals surface area contributed by atoms with Crippen LogP contribution in [0.15, 0.2) is 0 Å². The number of carbonyl (C=O) groups is 1. The summed E-state index contributed by atoms with van der Waals surface area (Å²) in [6.45, 7) is 5.68. The van der Waals surface area contributed by atoms with Gasteiger partial charge < -0.3 is 0 Å². The number of ketones is 1. The Labute approximate surface area is 60.3 Å². The van der Waals surface area contributed by atoms with E-state index in [1.54, 1.807) is 0 Å². The maximum Gasteiger partial charge on any atom is 0.149 e. The highest BCUT2D eigenvalue weighted by molar-refractivity contribution is 7.97. The summed E-state index contributed by atoms with van der Waals surface area (Å²) in [4.78, 5) is 11.0. The van der Waals surface area contributed by atoms with Gasteiger partial charge in [0.05, 0.1) is 5.75 Å². The molecule has 0 saturated carbocycles. The number of hydrogen-bond donors (Lipinski definition) is 1. The molecule has 0 unspecified atom stereocenters. The van der Waals surface area contributed by atoms with Crippen LogP contribution in [0.5, 0.6) is 0 Å². The summed E-state index contributed by atoms with van der Waals surface area (Å²) in [6.07, 6.45) is 0. The first kappa shape index (κ1) is 8.98. The van der Waals surface area contributed by atoms with Crippen LogP contribution in [0.2, 0.25) is 0 Å². The molecule has 0 aliphatic heterocycles. The van der Waals surface area contributed by atoms with Crippen molar-refractivity contribution in [2.45, 2.75) is 20.8 Å². The lowest BCUT2D eigenvalue weighted by atomic mass is 9.92. The fourth-order valence-corrected chi connectivity index (χ4v) is 0.877. The van der Waals surface area contributed by atoms with Crippen molar-refractivity contribution in [1.29, 1.82) is 0 Å². The molecule has 3 heteroatoms. The molecule has 0 aromatic carbocycles. The van der Waals surface area contributed by atoms with Crippen molar-refractivity contribution in [3.05, 3.63) is 0 Å². The fourth-order valence-electron chi connectivity index (χ4n) is 0.292. The zero-order valence-electron chi connectivity index (χ0n) is 6.10. The highest BCUT2D eigenvalue weighted by atomic mass is 32.2. The van der Waals surface area contributed by atoms with Gasteiger partial charge in [0.25, 0.3) is 0 Å². The van der Waals surface area contributed by atoms with E-state index in [0.29, 0.717) is 5.75 Å². The van der Waals surface area contributed by atoms with Gasteiger partial charge in [-0.25, -0.2) is 0 Å². The normalized spacial score (nSPS) is 11.6.